The average Bonchev–Trinajstić information content (AvgIpc) is 2.61. The van der Waals surface area contributed by atoms with Gasteiger partial charge in [-0.3, -0.25) is 0 Å². The van der Waals surface area contributed by atoms with E-state index in [9.17, 15) is 0 Å². The molecule has 0 fully saturated rings. The second-order valence-electron chi connectivity index (χ2n) is 7.44. The molecule has 0 saturated heterocycles. The molecule has 0 N–H and O–H groups in total. The first kappa shape index (κ1) is 17.0. The topological polar surface area (TPSA) is 12.9 Å². The molecule has 0 aliphatic carbocycles. The molecule has 0 saturated carbocycles. The van der Waals surface area contributed by atoms with Crippen LogP contribution in [0.1, 0.15) is 24.0 Å². The number of rotatable bonds is 4. The van der Waals surface area contributed by atoms with Crippen molar-refractivity contribution in [1.29, 1.82) is 0 Å². The summed E-state index contributed by atoms with van der Waals surface area (Å²) in [7, 11) is 0. The van der Waals surface area contributed by atoms with E-state index in [1.54, 1.807) is 0 Å². The van der Waals surface area contributed by atoms with Crippen LogP contribution < -0.4 is 4.40 Å². The molecule has 0 bridgehead atoms. The Bertz CT molecular complexity index is 784. The Balaban J connectivity index is 1.82. The fourth-order valence-electron chi connectivity index (χ4n) is 2.88. The number of pyridine rings is 1. The van der Waals surface area contributed by atoms with Crippen molar-refractivity contribution in [3.05, 3.63) is 84.1 Å². The molecule has 122 valence electrons. The summed E-state index contributed by atoms with van der Waals surface area (Å²) in [5.41, 5.74) is 4.94. The van der Waals surface area contributed by atoms with E-state index < -0.39 is 13.3 Å². The third-order valence-electron chi connectivity index (χ3n) is 4.64. The number of aromatic nitrogens is 1. The van der Waals surface area contributed by atoms with Gasteiger partial charge in [-0.15, -0.1) is 0 Å². The number of hydrogen-bond donors (Lipinski definition) is 0. The zero-order chi connectivity index (χ0) is 17.2. The SMILES string of the molecule is CC(c1ccccc1)c1ccc(-c2cc[c]([Ge]([CH3])([CH3])[CH3])cn2)cc1. The van der Waals surface area contributed by atoms with Crippen LogP contribution in [0, 0.1) is 0 Å². The summed E-state index contributed by atoms with van der Waals surface area (Å²) < 4.78 is 1.45. The molecule has 0 aliphatic rings. The zero-order valence-corrected chi connectivity index (χ0v) is 17.1. The fourth-order valence-corrected chi connectivity index (χ4v) is 5.06. The summed E-state index contributed by atoms with van der Waals surface area (Å²) in [5.74, 6) is 7.60. The molecule has 1 aromatic heterocycles. The van der Waals surface area contributed by atoms with Crippen molar-refractivity contribution in [3.8, 4) is 11.3 Å². The van der Waals surface area contributed by atoms with Crippen molar-refractivity contribution in [2.75, 3.05) is 0 Å². The van der Waals surface area contributed by atoms with E-state index in [4.69, 9.17) is 4.98 Å². The molecule has 1 heterocycles. The summed E-state index contributed by atoms with van der Waals surface area (Å²) in [4.78, 5) is 4.69. The van der Waals surface area contributed by atoms with Gasteiger partial charge in [-0.05, 0) is 0 Å². The Kier molecular flexibility index (Phi) is 4.91. The zero-order valence-electron chi connectivity index (χ0n) is 15.0. The summed E-state index contributed by atoms with van der Waals surface area (Å²) >= 11 is -1.78. The predicted octanol–water partition coefficient (Wildman–Crippen LogP) is 5.45. The van der Waals surface area contributed by atoms with Crippen molar-refractivity contribution in [3.63, 3.8) is 0 Å². The van der Waals surface area contributed by atoms with Crippen LogP contribution in [-0.2, 0) is 0 Å². The Hall–Kier alpha value is -1.87. The molecular weight excluding hydrogens is 351 g/mol. The van der Waals surface area contributed by atoms with Crippen LogP contribution in [0.3, 0.4) is 0 Å². The van der Waals surface area contributed by atoms with E-state index in [1.165, 1.54) is 21.1 Å². The third-order valence-corrected chi connectivity index (χ3v) is 8.89. The van der Waals surface area contributed by atoms with Gasteiger partial charge in [-0.25, -0.2) is 0 Å². The van der Waals surface area contributed by atoms with E-state index in [0.29, 0.717) is 5.92 Å². The summed E-state index contributed by atoms with van der Waals surface area (Å²) in [6.07, 6.45) is 2.08. The standard InChI is InChI=1S/C22H25GeN/c1-17(18-8-6-5-7-9-18)19-10-12-20(13-11-19)22-15-14-21(16-24-22)23(2,3)4/h5-17H,1-4H3. The molecule has 2 heteroatoms. The van der Waals surface area contributed by atoms with Crippen molar-refractivity contribution >= 4 is 17.7 Å². The molecular formula is C22H25GeN. The van der Waals surface area contributed by atoms with Crippen LogP contribution in [-0.4, -0.2) is 18.3 Å². The van der Waals surface area contributed by atoms with E-state index in [0.717, 1.165) is 5.69 Å². The van der Waals surface area contributed by atoms with E-state index in [-0.39, 0.29) is 0 Å². The molecule has 0 amide bonds. The van der Waals surface area contributed by atoms with Crippen molar-refractivity contribution < 1.29 is 0 Å². The fraction of sp³-hybridized carbons (Fsp3) is 0.227. The van der Waals surface area contributed by atoms with Gasteiger partial charge < -0.3 is 0 Å². The van der Waals surface area contributed by atoms with E-state index in [1.807, 2.05) is 0 Å². The first-order valence-corrected chi connectivity index (χ1v) is 15.9. The van der Waals surface area contributed by atoms with Gasteiger partial charge in [0.1, 0.15) is 0 Å². The van der Waals surface area contributed by atoms with Crippen LogP contribution in [0.2, 0.25) is 17.3 Å². The first-order valence-electron chi connectivity index (χ1n) is 8.57. The van der Waals surface area contributed by atoms with Crippen molar-refractivity contribution in [2.45, 2.75) is 30.1 Å². The third kappa shape index (κ3) is 3.78. The molecule has 2 aromatic carbocycles. The predicted molar refractivity (Wildman–Crippen MR) is 107 cm³/mol. The number of nitrogens with zero attached hydrogens (tertiary/aromatic N) is 1. The Morgan fingerprint density at radius 3 is 1.92 bits per heavy atom. The first-order chi connectivity index (χ1) is 11.4. The maximum atomic E-state index is 4.69. The quantitative estimate of drug-likeness (QED) is 0.553. The van der Waals surface area contributed by atoms with Crippen LogP contribution in [0.25, 0.3) is 11.3 Å². The van der Waals surface area contributed by atoms with Gasteiger partial charge in [0.25, 0.3) is 0 Å². The van der Waals surface area contributed by atoms with Gasteiger partial charge in [0.05, 0.1) is 0 Å². The molecule has 0 spiro atoms. The van der Waals surface area contributed by atoms with Gasteiger partial charge in [-0.2, -0.15) is 0 Å². The number of benzene rings is 2. The molecule has 1 atom stereocenters. The maximum absolute atomic E-state index is 4.69. The van der Waals surface area contributed by atoms with E-state index >= 15 is 0 Å². The van der Waals surface area contributed by atoms with Crippen LogP contribution in [0.4, 0.5) is 0 Å². The minimum absolute atomic E-state index is 0.407. The van der Waals surface area contributed by atoms with Gasteiger partial charge in [0.2, 0.25) is 0 Å². The van der Waals surface area contributed by atoms with Gasteiger partial charge >= 0.3 is 142 Å². The number of hydrogen-bond acceptors (Lipinski definition) is 1. The monoisotopic (exact) mass is 377 g/mol. The van der Waals surface area contributed by atoms with E-state index in [2.05, 4.69) is 97.1 Å². The molecule has 0 aliphatic heterocycles. The summed E-state index contributed by atoms with van der Waals surface area (Å²) in [5, 5.41) is 0. The molecule has 3 aromatic rings. The minimum atomic E-state index is -1.78. The van der Waals surface area contributed by atoms with Crippen molar-refractivity contribution in [2.24, 2.45) is 0 Å². The molecule has 3 rings (SSSR count). The Morgan fingerprint density at radius 2 is 1.38 bits per heavy atom. The second-order valence-corrected chi connectivity index (χ2v) is 18.1. The Morgan fingerprint density at radius 1 is 0.750 bits per heavy atom. The molecule has 0 radical (unpaired) electrons. The molecule has 1 nitrogen and oxygen atoms in total. The normalized spacial score (nSPS) is 12.8. The van der Waals surface area contributed by atoms with Crippen LogP contribution >= 0.6 is 0 Å². The summed E-state index contributed by atoms with van der Waals surface area (Å²) in [6, 6.07) is 23.9. The summed E-state index contributed by atoms with van der Waals surface area (Å²) in [6.45, 7) is 2.26. The van der Waals surface area contributed by atoms with Crippen molar-refractivity contribution in [1.82, 2.24) is 4.98 Å². The Labute approximate surface area is 148 Å². The van der Waals surface area contributed by atoms with Gasteiger partial charge in [-0.1, -0.05) is 6.07 Å². The van der Waals surface area contributed by atoms with Crippen LogP contribution in [0.15, 0.2) is 72.9 Å². The van der Waals surface area contributed by atoms with Gasteiger partial charge in [0.15, 0.2) is 0 Å². The second kappa shape index (κ2) is 6.94. The molecule has 24 heavy (non-hydrogen) atoms. The van der Waals surface area contributed by atoms with Crippen LogP contribution in [0.5, 0.6) is 0 Å². The van der Waals surface area contributed by atoms with Gasteiger partial charge in [0, 0.05) is 0 Å². The molecule has 1 unspecified atom stereocenters. The average molecular weight is 376 g/mol.